The number of hydrogen-bond acceptors (Lipinski definition) is 2. The molecule has 0 aliphatic rings. The van der Waals surface area contributed by atoms with Crippen LogP contribution in [0.4, 0.5) is 0 Å². The van der Waals surface area contributed by atoms with Gasteiger partial charge in [0.05, 0.1) is 0 Å². The van der Waals surface area contributed by atoms with Crippen molar-refractivity contribution >= 4 is 51.8 Å². The van der Waals surface area contributed by atoms with Crippen molar-refractivity contribution in [2.75, 3.05) is 20.1 Å². The zero-order chi connectivity index (χ0) is 16.5. The van der Waals surface area contributed by atoms with Crippen molar-refractivity contribution in [2.45, 2.75) is 26.8 Å². The number of amides is 1. The maximum absolute atomic E-state index is 12.1. The van der Waals surface area contributed by atoms with E-state index in [0.717, 1.165) is 10.0 Å². The summed E-state index contributed by atoms with van der Waals surface area (Å²) >= 11 is 3.49. The van der Waals surface area contributed by atoms with E-state index in [1.54, 1.807) is 11.9 Å². The molecule has 0 saturated heterocycles. The van der Waals surface area contributed by atoms with Crippen molar-refractivity contribution in [1.29, 1.82) is 0 Å². The third-order valence-corrected chi connectivity index (χ3v) is 3.84. The van der Waals surface area contributed by atoms with Gasteiger partial charge in [0.1, 0.15) is 0 Å². The molecule has 0 aliphatic heterocycles. The van der Waals surface area contributed by atoms with Gasteiger partial charge in [-0.2, -0.15) is 0 Å². The van der Waals surface area contributed by atoms with Gasteiger partial charge >= 0.3 is 0 Å². The first-order valence-corrected chi connectivity index (χ1v) is 8.20. The van der Waals surface area contributed by atoms with Crippen LogP contribution >= 0.6 is 39.9 Å². The highest BCUT2D eigenvalue weighted by Crippen LogP contribution is 2.17. The molecule has 7 heteroatoms. The molecule has 130 valence electrons. The Morgan fingerprint density at radius 1 is 1.39 bits per heavy atom. The van der Waals surface area contributed by atoms with Crippen LogP contribution in [0.15, 0.2) is 33.7 Å². The topological polar surface area (TPSA) is 70.7 Å². The van der Waals surface area contributed by atoms with Gasteiger partial charge in [0.15, 0.2) is 5.96 Å². The number of aliphatic imine (C=N–C) groups is 1. The molecule has 1 aromatic rings. The number of nitrogens with one attached hydrogen (secondary N) is 1. The van der Waals surface area contributed by atoms with Crippen LogP contribution in [0, 0.1) is 5.92 Å². The van der Waals surface area contributed by atoms with Crippen LogP contribution in [-0.4, -0.2) is 36.9 Å². The fraction of sp³-hybridized carbons (Fsp3) is 0.500. The minimum absolute atomic E-state index is 0. The van der Waals surface area contributed by atoms with Gasteiger partial charge in [0, 0.05) is 37.6 Å². The van der Waals surface area contributed by atoms with Crippen LogP contribution in [0.3, 0.4) is 0 Å². The number of nitrogens with zero attached hydrogens (tertiary/aromatic N) is 2. The molecule has 0 bridgehead atoms. The van der Waals surface area contributed by atoms with Crippen molar-refractivity contribution in [3.63, 3.8) is 0 Å². The highest BCUT2D eigenvalue weighted by atomic mass is 127. The number of carbonyl (C=O) groups excluding carboxylic acids is 1. The number of hydrogen-bond donors (Lipinski definition) is 2. The number of halogens is 2. The molecular weight excluding hydrogens is 471 g/mol. The lowest BCUT2D eigenvalue weighted by Crippen LogP contribution is -2.36. The molecule has 0 radical (unpaired) electrons. The maximum atomic E-state index is 12.1. The van der Waals surface area contributed by atoms with E-state index in [2.05, 4.69) is 40.1 Å². The Labute approximate surface area is 164 Å². The zero-order valence-corrected chi connectivity index (χ0v) is 17.8. The predicted molar refractivity (Wildman–Crippen MR) is 110 cm³/mol. The molecule has 0 saturated carbocycles. The van der Waals surface area contributed by atoms with Crippen molar-refractivity contribution in [2.24, 2.45) is 16.6 Å². The van der Waals surface area contributed by atoms with Crippen molar-refractivity contribution in [1.82, 2.24) is 10.2 Å². The molecule has 1 aromatic carbocycles. The summed E-state index contributed by atoms with van der Waals surface area (Å²) in [6, 6.07) is 7.90. The number of guanidine groups is 1. The molecule has 0 aromatic heterocycles. The van der Waals surface area contributed by atoms with Crippen molar-refractivity contribution in [3.8, 4) is 0 Å². The summed E-state index contributed by atoms with van der Waals surface area (Å²) in [6.45, 7) is 5.92. The third kappa shape index (κ3) is 9.14. The van der Waals surface area contributed by atoms with Crippen molar-refractivity contribution in [3.05, 3.63) is 34.3 Å². The van der Waals surface area contributed by atoms with Gasteiger partial charge in [-0.15, -0.1) is 24.0 Å². The average Bonchev–Trinajstić information content (AvgIpc) is 2.47. The molecule has 0 spiro atoms. The Morgan fingerprint density at radius 3 is 2.65 bits per heavy atom. The van der Waals surface area contributed by atoms with Crippen LogP contribution in [0.5, 0.6) is 0 Å². The van der Waals surface area contributed by atoms with Gasteiger partial charge in [-0.3, -0.25) is 9.79 Å². The van der Waals surface area contributed by atoms with E-state index in [0.29, 0.717) is 37.9 Å². The first kappa shape index (κ1) is 22.2. The molecule has 0 atom stereocenters. The molecule has 1 rings (SSSR count). The normalized spacial score (nSPS) is 11.1. The number of rotatable bonds is 7. The second kappa shape index (κ2) is 11.7. The lowest BCUT2D eigenvalue weighted by atomic mass is 10.2. The maximum Gasteiger partial charge on any atom is 0.224 e. The summed E-state index contributed by atoms with van der Waals surface area (Å²) in [5, 5.41) is 2.97. The Bertz CT molecular complexity index is 523. The third-order valence-electron chi connectivity index (χ3n) is 3.06. The second-order valence-corrected chi connectivity index (χ2v) is 6.49. The van der Waals surface area contributed by atoms with E-state index >= 15 is 0 Å². The SMILES string of the molecule is CC(C)CN=C(N)NCCC(=O)N(C)Cc1ccccc1Br.I. The van der Waals surface area contributed by atoms with Gasteiger partial charge in [-0.05, 0) is 17.5 Å². The molecule has 1 amide bonds. The van der Waals surface area contributed by atoms with Crippen LogP contribution in [0.1, 0.15) is 25.8 Å². The van der Waals surface area contributed by atoms with E-state index in [1.165, 1.54) is 0 Å². The largest absolute Gasteiger partial charge is 0.370 e. The molecule has 0 fully saturated rings. The summed E-state index contributed by atoms with van der Waals surface area (Å²) in [4.78, 5) is 18.0. The van der Waals surface area contributed by atoms with E-state index < -0.39 is 0 Å². The summed E-state index contributed by atoms with van der Waals surface area (Å²) < 4.78 is 1.01. The van der Waals surface area contributed by atoms with Crippen LogP contribution in [-0.2, 0) is 11.3 Å². The zero-order valence-electron chi connectivity index (χ0n) is 13.9. The van der Waals surface area contributed by atoms with E-state index in [4.69, 9.17) is 5.73 Å². The van der Waals surface area contributed by atoms with Gasteiger partial charge < -0.3 is 16.0 Å². The summed E-state index contributed by atoms with van der Waals surface area (Å²) in [6.07, 6.45) is 0.388. The van der Waals surface area contributed by atoms with E-state index in [9.17, 15) is 4.79 Å². The lowest BCUT2D eigenvalue weighted by molar-refractivity contribution is -0.130. The molecule has 0 heterocycles. The molecule has 23 heavy (non-hydrogen) atoms. The minimum Gasteiger partial charge on any atom is -0.370 e. The van der Waals surface area contributed by atoms with Crippen LogP contribution in [0.25, 0.3) is 0 Å². The summed E-state index contributed by atoms with van der Waals surface area (Å²) in [7, 11) is 1.80. The Kier molecular flexibility index (Phi) is 11.2. The Morgan fingerprint density at radius 2 is 2.04 bits per heavy atom. The quantitative estimate of drug-likeness (QED) is 0.346. The van der Waals surface area contributed by atoms with E-state index in [-0.39, 0.29) is 29.9 Å². The van der Waals surface area contributed by atoms with Gasteiger partial charge in [0.25, 0.3) is 0 Å². The smallest absolute Gasteiger partial charge is 0.224 e. The van der Waals surface area contributed by atoms with Crippen LogP contribution < -0.4 is 11.1 Å². The fourth-order valence-electron chi connectivity index (χ4n) is 1.80. The van der Waals surface area contributed by atoms with E-state index in [1.807, 2.05) is 24.3 Å². The van der Waals surface area contributed by atoms with Gasteiger partial charge in [-0.1, -0.05) is 48.0 Å². The number of carbonyl (C=O) groups is 1. The first-order chi connectivity index (χ1) is 10.4. The standard InChI is InChI=1S/C16H25BrN4O.HI/c1-12(2)10-20-16(18)19-9-8-15(22)21(3)11-13-6-4-5-7-14(13)17;/h4-7,12H,8-11H2,1-3H3,(H3,18,19,20);1H. The van der Waals surface area contributed by atoms with Gasteiger partial charge in [0.2, 0.25) is 5.91 Å². The Hall–Kier alpha value is -0.830. The lowest BCUT2D eigenvalue weighted by Gasteiger charge is -2.18. The molecule has 3 N–H and O–H groups in total. The second-order valence-electron chi connectivity index (χ2n) is 5.64. The van der Waals surface area contributed by atoms with Crippen LogP contribution in [0.2, 0.25) is 0 Å². The number of benzene rings is 1. The monoisotopic (exact) mass is 496 g/mol. The minimum atomic E-state index is 0. The highest BCUT2D eigenvalue weighted by Gasteiger charge is 2.10. The fourth-order valence-corrected chi connectivity index (χ4v) is 2.21. The molecular formula is C16H26BrIN4O. The Balaban J connectivity index is 0.00000484. The summed E-state index contributed by atoms with van der Waals surface area (Å²) in [5.41, 5.74) is 6.82. The average molecular weight is 497 g/mol. The summed E-state index contributed by atoms with van der Waals surface area (Å²) in [5.74, 6) is 0.937. The predicted octanol–water partition coefficient (Wildman–Crippen LogP) is 2.98. The highest BCUT2D eigenvalue weighted by molar-refractivity contribution is 14.0. The molecule has 5 nitrogen and oxygen atoms in total. The number of nitrogens with two attached hydrogens (primary N) is 1. The molecule has 0 unspecified atom stereocenters. The first-order valence-electron chi connectivity index (χ1n) is 7.41. The van der Waals surface area contributed by atoms with Gasteiger partial charge in [-0.25, -0.2) is 0 Å². The molecule has 0 aliphatic carbocycles. The van der Waals surface area contributed by atoms with Crippen molar-refractivity contribution < 1.29 is 4.79 Å².